The number of hydrogen-bond acceptors (Lipinski definition) is 10. The summed E-state index contributed by atoms with van der Waals surface area (Å²) in [5, 5.41) is 3.43. The van der Waals surface area contributed by atoms with Crippen LogP contribution in [0.5, 0.6) is 5.75 Å². The van der Waals surface area contributed by atoms with E-state index in [4.69, 9.17) is 19.2 Å². The Kier molecular flexibility index (Phi) is 8.44. The van der Waals surface area contributed by atoms with Gasteiger partial charge in [-0.2, -0.15) is 0 Å². The number of benzene rings is 2. The molecule has 4 saturated heterocycles. The lowest BCUT2D eigenvalue weighted by atomic mass is 9.91. The quantitative estimate of drug-likeness (QED) is 0.352. The normalized spacial score (nSPS) is 24.9. The van der Waals surface area contributed by atoms with Gasteiger partial charge in [-0.1, -0.05) is 6.07 Å². The fraction of sp³-hybridized carbons (Fsp3) is 0.486. The molecule has 3 aromatic rings. The third-order valence-electron chi connectivity index (χ3n) is 10.9. The van der Waals surface area contributed by atoms with Crippen LogP contribution < -0.4 is 15.0 Å². The summed E-state index contributed by atoms with van der Waals surface area (Å²) in [4.78, 5) is 62.6. The van der Waals surface area contributed by atoms with Crippen LogP contribution in [-0.2, 0) is 36.9 Å². The van der Waals surface area contributed by atoms with Crippen molar-refractivity contribution in [2.24, 2.45) is 5.92 Å². The number of rotatable bonds is 8. The fourth-order valence-electron chi connectivity index (χ4n) is 8.31. The van der Waals surface area contributed by atoms with E-state index in [1.54, 1.807) is 25.0 Å². The molecule has 0 aliphatic carbocycles. The fourth-order valence-corrected chi connectivity index (χ4v) is 8.31. The molecule has 1 aromatic heterocycles. The van der Waals surface area contributed by atoms with E-state index in [-0.39, 0.29) is 41.7 Å². The maximum Gasteiger partial charge on any atom is 0.255 e. The molecule has 3 atom stereocenters. The molecule has 4 fully saturated rings. The number of carbonyl (C=O) groups is 4. The number of amides is 4. The Bertz CT molecular complexity index is 1860. The lowest BCUT2D eigenvalue weighted by Crippen LogP contribution is -2.72. The van der Waals surface area contributed by atoms with Gasteiger partial charge in [-0.15, -0.1) is 0 Å². The molecule has 5 aliphatic rings. The van der Waals surface area contributed by atoms with E-state index in [1.807, 2.05) is 17.0 Å². The summed E-state index contributed by atoms with van der Waals surface area (Å²) in [7, 11) is 1.71. The van der Waals surface area contributed by atoms with Crippen LogP contribution in [-0.4, -0.2) is 121 Å². The lowest BCUT2D eigenvalue weighted by molar-refractivity contribution is -0.167. The third kappa shape index (κ3) is 5.96. The van der Waals surface area contributed by atoms with Gasteiger partial charge in [0.05, 0.1) is 25.3 Å². The topological polar surface area (TPSA) is 134 Å². The number of imide groups is 1. The Hall–Kier alpha value is -4.59. The number of carbonyl (C=O) groups excluding carboxylic acids is 4. The molecule has 13 nitrogen and oxygen atoms in total. The van der Waals surface area contributed by atoms with Crippen LogP contribution >= 0.6 is 0 Å². The van der Waals surface area contributed by atoms with Crippen LogP contribution in [0.3, 0.4) is 0 Å². The average Bonchev–Trinajstić information content (AvgIpc) is 3.61. The number of piperazine rings is 1. The monoisotopic (exact) mass is 682 g/mol. The molecule has 1 spiro atoms. The van der Waals surface area contributed by atoms with Crippen LogP contribution in [0.25, 0.3) is 10.9 Å². The van der Waals surface area contributed by atoms with Gasteiger partial charge in [0.1, 0.15) is 29.3 Å². The first-order valence-electron chi connectivity index (χ1n) is 17.4. The number of fused-ring (bicyclic) bond motifs is 2. The van der Waals surface area contributed by atoms with E-state index in [2.05, 4.69) is 45.4 Å². The van der Waals surface area contributed by atoms with Crippen LogP contribution in [0.4, 0.5) is 5.82 Å². The first-order valence-corrected chi connectivity index (χ1v) is 17.4. The summed E-state index contributed by atoms with van der Waals surface area (Å²) in [5.74, 6) is 0.936. The molecule has 5 aliphatic heterocycles. The number of ether oxygens (including phenoxy) is 3. The molecule has 0 unspecified atom stereocenters. The van der Waals surface area contributed by atoms with Gasteiger partial charge in [-0.25, -0.2) is 4.98 Å². The maximum atomic E-state index is 13.1. The van der Waals surface area contributed by atoms with E-state index in [1.165, 1.54) is 5.56 Å². The van der Waals surface area contributed by atoms with Gasteiger partial charge in [0.25, 0.3) is 5.91 Å². The number of piperidine rings is 1. The Morgan fingerprint density at radius 2 is 1.92 bits per heavy atom. The van der Waals surface area contributed by atoms with E-state index < -0.39 is 11.9 Å². The number of anilines is 1. The van der Waals surface area contributed by atoms with Crippen molar-refractivity contribution >= 4 is 40.3 Å². The van der Waals surface area contributed by atoms with Crippen LogP contribution in [0, 0.1) is 5.92 Å². The number of aromatic nitrogens is 1. The molecule has 2 aromatic carbocycles. The van der Waals surface area contributed by atoms with E-state index in [9.17, 15) is 19.2 Å². The second-order valence-corrected chi connectivity index (χ2v) is 14.3. The Morgan fingerprint density at radius 3 is 2.68 bits per heavy atom. The van der Waals surface area contributed by atoms with Gasteiger partial charge in [-0.05, 0) is 60.0 Å². The summed E-state index contributed by atoms with van der Waals surface area (Å²) in [6.07, 6.45) is 0.449. The smallest absolute Gasteiger partial charge is 0.255 e. The van der Waals surface area contributed by atoms with Crippen molar-refractivity contribution in [1.29, 1.82) is 0 Å². The third-order valence-corrected chi connectivity index (χ3v) is 10.9. The van der Waals surface area contributed by atoms with Gasteiger partial charge in [0.15, 0.2) is 0 Å². The Balaban J connectivity index is 0.918. The number of nitrogens with one attached hydrogen (secondary N) is 1. The highest BCUT2D eigenvalue weighted by Crippen LogP contribution is 2.34. The largest absolute Gasteiger partial charge is 0.489 e. The van der Waals surface area contributed by atoms with E-state index >= 15 is 0 Å². The minimum Gasteiger partial charge on any atom is -0.489 e. The van der Waals surface area contributed by atoms with Gasteiger partial charge >= 0.3 is 0 Å². The summed E-state index contributed by atoms with van der Waals surface area (Å²) in [5.41, 5.74) is 3.24. The molecule has 6 heterocycles. The predicted octanol–water partition coefficient (Wildman–Crippen LogP) is 1.96. The van der Waals surface area contributed by atoms with Gasteiger partial charge in [-0.3, -0.25) is 29.4 Å². The summed E-state index contributed by atoms with van der Waals surface area (Å²) in [6.45, 7) is 8.04. The second-order valence-electron chi connectivity index (χ2n) is 14.3. The lowest BCUT2D eigenvalue weighted by Gasteiger charge is -2.55. The molecule has 0 radical (unpaired) electrons. The molecular formula is C37H42N6O7. The zero-order chi connectivity index (χ0) is 34.6. The summed E-state index contributed by atoms with van der Waals surface area (Å²) in [6, 6.07) is 15.5. The number of methoxy groups -OCH3 is 1. The number of pyridine rings is 1. The van der Waals surface area contributed by atoms with Crippen molar-refractivity contribution in [3.05, 3.63) is 65.2 Å². The molecule has 1 N–H and O–H groups in total. The standard InChI is InChI=1S/C37H42N6O7/c1-23(44)43-12-11-41(20-37(43)21-49-22-37)33-9-4-25-13-24(3-7-30(25)38-33)15-40-16-27(19-48-2)32(18-40)50-28-5-6-29-26(14-28)17-42(36(29)47)31-8-10-34(45)39-35(31)46/h3-7,9,13-14,27,31-32H,8,10-12,15-22H2,1-2H3,(H,39,45,46)/t27-,31-,32+/m0/s1. The molecule has 0 bridgehead atoms. The average molecular weight is 683 g/mol. The minimum absolute atomic E-state index is 0.0948. The van der Waals surface area contributed by atoms with Crippen molar-refractivity contribution in [1.82, 2.24) is 25.0 Å². The first kappa shape index (κ1) is 32.6. The highest BCUT2D eigenvalue weighted by molar-refractivity contribution is 6.05. The van der Waals surface area contributed by atoms with E-state index in [0.29, 0.717) is 57.2 Å². The Labute approximate surface area is 290 Å². The predicted molar refractivity (Wildman–Crippen MR) is 182 cm³/mol. The number of hydrogen-bond donors (Lipinski definition) is 1. The van der Waals surface area contributed by atoms with Crippen LogP contribution in [0.1, 0.15) is 41.3 Å². The molecule has 8 rings (SSSR count). The van der Waals surface area contributed by atoms with Crippen LogP contribution in [0.2, 0.25) is 0 Å². The van der Waals surface area contributed by atoms with Crippen molar-refractivity contribution in [3.63, 3.8) is 0 Å². The van der Waals surface area contributed by atoms with Gasteiger partial charge < -0.3 is 28.9 Å². The first-order chi connectivity index (χ1) is 24.2. The van der Waals surface area contributed by atoms with Crippen molar-refractivity contribution in [2.45, 2.75) is 50.5 Å². The minimum atomic E-state index is -0.649. The molecule has 13 heteroatoms. The molecule has 50 heavy (non-hydrogen) atoms. The van der Waals surface area contributed by atoms with Crippen molar-refractivity contribution < 1.29 is 33.4 Å². The second kappa shape index (κ2) is 12.9. The van der Waals surface area contributed by atoms with Crippen molar-refractivity contribution in [2.75, 3.05) is 64.6 Å². The van der Waals surface area contributed by atoms with Gasteiger partial charge in [0.2, 0.25) is 17.7 Å². The highest BCUT2D eigenvalue weighted by Gasteiger charge is 2.49. The molecular weight excluding hydrogens is 640 g/mol. The Morgan fingerprint density at radius 1 is 1.06 bits per heavy atom. The van der Waals surface area contributed by atoms with Gasteiger partial charge in [0, 0.05) is 83.1 Å². The van der Waals surface area contributed by atoms with Crippen LogP contribution in [0.15, 0.2) is 48.5 Å². The van der Waals surface area contributed by atoms with Crippen molar-refractivity contribution in [3.8, 4) is 5.75 Å². The highest BCUT2D eigenvalue weighted by atomic mass is 16.5. The zero-order valence-corrected chi connectivity index (χ0v) is 28.4. The molecule has 4 amide bonds. The number of nitrogens with zero attached hydrogens (tertiary/aromatic N) is 5. The molecule has 262 valence electrons. The maximum absolute atomic E-state index is 13.1. The zero-order valence-electron chi connectivity index (χ0n) is 28.4. The van der Waals surface area contributed by atoms with E-state index in [0.717, 1.165) is 48.5 Å². The number of likely N-dealkylation sites (tertiary alicyclic amines) is 1. The summed E-state index contributed by atoms with van der Waals surface area (Å²) < 4.78 is 17.7. The summed E-state index contributed by atoms with van der Waals surface area (Å²) >= 11 is 0. The molecule has 0 saturated carbocycles. The SMILES string of the molecule is COC[C@@H]1CN(Cc2ccc3nc(N4CCN(C(C)=O)C5(COC5)C4)ccc3c2)C[C@H]1Oc1ccc2c(c1)CN([C@H]1CCC(=O)NC1=O)C2=O.